The molecule has 18 heavy (non-hydrogen) atoms. The van der Waals surface area contributed by atoms with Gasteiger partial charge in [0.1, 0.15) is 0 Å². The van der Waals surface area contributed by atoms with Gasteiger partial charge >= 0.3 is 0 Å². The Morgan fingerprint density at radius 3 is 2.44 bits per heavy atom. The van der Waals surface area contributed by atoms with Crippen LogP contribution in [0.2, 0.25) is 0 Å². The average molecular weight is 277 g/mol. The Morgan fingerprint density at radius 1 is 1.33 bits per heavy atom. The molecule has 1 heterocycles. The van der Waals surface area contributed by atoms with Crippen molar-refractivity contribution >= 4 is 7.52 Å². The molecule has 108 valence electrons. The fourth-order valence-electron chi connectivity index (χ4n) is 1.99. The molecule has 5 nitrogen and oxygen atoms in total. The molecule has 1 aliphatic heterocycles. The second kappa shape index (κ2) is 7.61. The Kier molecular flexibility index (Phi) is 6.82. The minimum absolute atomic E-state index is 0.0222. The molecule has 2 N–H and O–H groups in total. The van der Waals surface area contributed by atoms with Gasteiger partial charge in [-0.3, -0.25) is 4.57 Å². The Hall–Kier alpha value is 0.0700. The second-order valence-corrected chi connectivity index (χ2v) is 8.06. The Labute approximate surface area is 111 Å². The van der Waals surface area contributed by atoms with Crippen molar-refractivity contribution in [2.24, 2.45) is 0 Å². The van der Waals surface area contributed by atoms with Crippen molar-refractivity contribution in [1.82, 2.24) is 15.3 Å². The van der Waals surface area contributed by atoms with Gasteiger partial charge < -0.3 is 14.7 Å². The zero-order chi connectivity index (χ0) is 13.6. The number of hydrogen-bond donors (Lipinski definition) is 2. The third-order valence-electron chi connectivity index (χ3n) is 3.36. The highest BCUT2D eigenvalue weighted by Gasteiger charge is 2.31. The summed E-state index contributed by atoms with van der Waals surface area (Å²) in [5.74, 6) is 0. The molecule has 1 rings (SSSR count). The van der Waals surface area contributed by atoms with E-state index in [-0.39, 0.29) is 11.8 Å². The average Bonchev–Trinajstić information content (AvgIpc) is 2.32. The maximum atomic E-state index is 12.8. The topological polar surface area (TPSA) is 53.6 Å². The van der Waals surface area contributed by atoms with Crippen LogP contribution in [0.1, 0.15) is 26.7 Å². The molecule has 0 spiro atoms. The summed E-state index contributed by atoms with van der Waals surface area (Å²) in [5, 5.41) is 6.16. The summed E-state index contributed by atoms with van der Waals surface area (Å²) in [5.41, 5.74) is 0.0222. The van der Waals surface area contributed by atoms with E-state index in [2.05, 4.69) is 22.4 Å². The van der Waals surface area contributed by atoms with Crippen LogP contribution in [0.4, 0.5) is 0 Å². The third-order valence-corrected chi connectivity index (χ3v) is 5.99. The summed E-state index contributed by atoms with van der Waals surface area (Å²) in [4.78, 5) is 2.29. The lowest BCUT2D eigenvalue weighted by atomic mass is 10.1. The van der Waals surface area contributed by atoms with Crippen molar-refractivity contribution in [2.45, 2.75) is 38.5 Å². The lowest BCUT2D eigenvalue weighted by Crippen LogP contribution is -2.36. The summed E-state index contributed by atoms with van der Waals surface area (Å²) < 4.78 is 18.7. The van der Waals surface area contributed by atoms with Crippen LogP contribution in [0.25, 0.3) is 0 Å². The molecule has 1 atom stereocenters. The monoisotopic (exact) mass is 277 g/mol. The molecule has 0 aromatic rings. The van der Waals surface area contributed by atoms with Crippen molar-refractivity contribution in [1.29, 1.82) is 0 Å². The molecule has 1 fully saturated rings. The van der Waals surface area contributed by atoms with Crippen LogP contribution in [0.3, 0.4) is 0 Å². The predicted octanol–water partition coefficient (Wildman–Crippen LogP) is 1.51. The molecule has 0 bridgehead atoms. The van der Waals surface area contributed by atoms with E-state index in [1.54, 1.807) is 0 Å². The summed E-state index contributed by atoms with van der Waals surface area (Å²) in [6.07, 6.45) is 2.08. The highest BCUT2D eigenvalue weighted by molar-refractivity contribution is 7.57. The molecule has 6 heteroatoms. The van der Waals surface area contributed by atoms with Crippen LogP contribution in [-0.2, 0) is 9.09 Å². The zero-order valence-electron chi connectivity index (χ0n) is 12.1. The molecule has 1 aliphatic rings. The van der Waals surface area contributed by atoms with Gasteiger partial charge in [-0.2, -0.15) is 0 Å². The number of nitrogens with zero attached hydrogens (tertiary/aromatic N) is 1. The summed E-state index contributed by atoms with van der Waals surface area (Å²) in [6, 6.07) is 0. The number of likely N-dealkylation sites (tertiary alicyclic amines) is 1. The van der Waals surface area contributed by atoms with Crippen LogP contribution in [0.5, 0.6) is 0 Å². The molecule has 1 saturated heterocycles. The van der Waals surface area contributed by atoms with Crippen molar-refractivity contribution in [2.75, 3.05) is 40.3 Å². The molecule has 0 aromatic carbocycles. The fourth-order valence-corrected chi connectivity index (χ4v) is 3.75. The first-order chi connectivity index (χ1) is 8.48. The van der Waals surface area contributed by atoms with Crippen molar-refractivity contribution in [3.8, 4) is 0 Å². The van der Waals surface area contributed by atoms with E-state index in [1.807, 2.05) is 20.9 Å². The smallest absolute Gasteiger partial charge is 0.272 e. The number of nitrogens with one attached hydrogen (secondary N) is 2. The molecule has 0 aromatic heterocycles. The van der Waals surface area contributed by atoms with E-state index in [9.17, 15) is 4.57 Å². The maximum absolute atomic E-state index is 12.8. The van der Waals surface area contributed by atoms with Gasteiger partial charge in [0.15, 0.2) is 0 Å². The quantitative estimate of drug-likeness (QED) is 0.546. The largest absolute Gasteiger partial charge is 0.318 e. The van der Waals surface area contributed by atoms with Gasteiger partial charge in [-0.15, -0.1) is 0 Å². The van der Waals surface area contributed by atoms with E-state index >= 15 is 0 Å². The fraction of sp³-hybridized carbons (Fsp3) is 1.00. The first-order valence-corrected chi connectivity index (χ1v) is 8.53. The van der Waals surface area contributed by atoms with Crippen LogP contribution in [0, 0.1) is 0 Å². The van der Waals surface area contributed by atoms with E-state index in [0.717, 1.165) is 32.5 Å². The summed E-state index contributed by atoms with van der Waals surface area (Å²) in [6.45, 7) is 7.45. The molecule has 0 amide bonds. The van der Waals surface area contributed by atoms with E-state index < -0.39 is 7.52 Å². The number of likely N-dealkylation sites (N-methyl/N-ethyl adjacent to an activating group) is 1. The van der Waals surface area contributed by atoms with E-state index in [1.165, 1.54) is 0 Å². The second-order valence-electron chi connectivity index (χ2n) is 5.31. The lowest BCUT2D eigenvalue weighted by Gasteiger charge is -2.33. The molecule has 0 radical (unpaired) electrons. The normalized spacial score (nSPS) is 22.3. The van der Waals surface area contributed by atoms with Crippen molar-refractivity contribution in [3.05, 3.63) is 0 Å². The molecule has 1 unspecified atom stereocenters. The predicted molar refractivity (Wildman–Crippen MR) is 76.3 cm³/mol. The highest BCUT2D eigenvalue weighted by Crippen LogP contribution is 2.49. The maximum Gasteiger partial charge on any atom is 0.272 e. The van der Waals surface area contributed by atoms with Crippen LogP contribution in [0.15, 0.2) is 0 Å². The van der Waals surface area contributed by atoms with Crippen LogP contribution in [-0.4, -0.2) is 56.9 Å². The minimum Gasteiger partial charge on any atom is -0.318 e. The number of hydrogen-bond acceptors (Lipinski definition) is 4. The number of piperidine rings is 1. The standard InChI is InChI=1S/C12H28N3O2P/c1-11(2)18(16,14-8-7-13-3)17-12-5-9-15(4)10-6-12/h11-13H,5-10H2,1-4H3,(H,14,16). The first kappa shape index (κ1) is 16.1. The van der Waals surface area contributed by atoms with Crippen LogP contribution < -0.4 is 10.4 Å². The van der Waals surface area contributed by atoms with Gasteiger partial charge in [-0.05, 0) is 26.9 Å². The Balaban J connectivity index is 2.48. The number of rotatable bonds is 7. The third kappa shape index (κ3) is 4.98. The molecular weight excluding hydrogens is 249 g/mol. The molecule has 0 aliphatic carbocycles. The molecular formula is C12H28N3O2P. The van der Waals surface area contributed by atoms with Gasteiger partial charge in [0.25, 0.3) is 7.52 Å². The lowest BCUT2D eigenvalue weighted by molar-refractivity contribution is 0.113. The van der Waals surface area contributed by atoms with Gasteiger partial charge in [0.2, 0.25) is 0 Å². The Bertz CT molecular complexity index is 278. The van der Waals surface area contributed by atoms with Gasteiger partial charge in [-0.1, -0.05) is 13.8 Å². The first-order valence-electron chi connectivity index (χ1n) is 6.84. The van der Waals surface area contributed by atoms with Gasteiger partial charge in [0.05, 0.1) is 6.10 Å². The van der Waals surface area contributed by atoms with Gasteiger partial charge in [0, 0.05) is 31.8 Å². The van der Waals surface area contributed by atoms with E-state index in [4.69, 9.17) is 4.52 Å². The van der Waals surface area contributed by atoms with Crippen LogP contribution >= 0.6 is 7.52 Å². The minimum atomic E-state index is -2.72. The Morgan fingerprint density at radius 2 is 1.94 bits per heavy atom. The van der Waals surface area contributed by atoms with Crippen molar-refractivity contribution < 1.29 is 9.09 Å². The zero-order valence-corrected chi connectivity index (χ0v) is 13.0. The van der Waals surface area contributed by atoms with E-state index in [0.29, 0.717) is 6.54 Å². The summed E-state index contributed by atoms with van der Waals surface area (Å²) >= 11 is 0. The summed E-state index contributed by atoms with van der Waals surface area (Å²) in [7, 11) is 1.29. The SMILES string of the molecule is CNCCNP(=O)(OC1CCN(C)CC1)C(C)C. The molecule has 0 saturated carbocycles. The highest BCUT2D eigenvalue weighted by atomic mass is 31.2. The van der Waals surface area contributed by atoms with Crippen molar-refractivity contribution in [3.63, 3.8) is 0 Å². The van der Waals surface area contributed by atoms with Gasteiger partial charge in [-0.25, -0.2) is 5.09 Å².